The van der Waals surface area contributed by atoms with Gasteiger partial charge in [0.1, 0.15) is 0 Å². The zero-order valence-corrected chi connectivity index (χ0v) is 17.7. The first-order chi connectivity index (χ1) is 14.7. The molecule has 1 aromatic heterocycles. The molecule has 0 bridgehead atoms. The molecular weight excluding hydrogens is 378 g/mol. The van der Waals surface area contributed by atoms with Gasteiger partial charge in [-0.1, -0.05) is 18.2 Å². The van der Waals surface area contributed by atoms with E-state index in [9.17, 15) is 0 Å². The lowest BCUT2D eigenvalue weighted by Crippen LogP contribution is -2.31. The van der Waals surface area contributed by atoms with Gasteiger partial charge in [0.2, 0.25) is 0 Å². The topological polar surface area (TPSA) is 48.8 Å². The van der Waals surface area contributed by atoms with Crippen LogP contribution in [0.5, 0.6) is 11.5 Å². The van der Waals surface area contributed by atoms with Crippen molar-refractivity contribution in [3.05, 3.63) is 72.1 Å². The smallest absolute Gasteiger partial charge is 0.161 e. The normalized spacial score (nSPS) is 16.2. The van der Waals surface area contributed by atoms with E-state index in [4.69, 9.17) is 14.2 Å². The summed E-state index contributed by atoms with van der Waals surface area (Å²) < 4.78 is 18.6. The van der Waals surface area contributed by atoms with Gasteiger partial charge in [0.25, 0.3) is 0 Å². The van der Waals surface area contributed by atoms with E-state index in [1.54, 1.807) is 20.4 Å². The number of rotatable bonds is 9. The maximum Gasteiger partial charge on any atom is 0.161 e. The van der Waals surface area contributed by atoms with Crippen LogP contribution < -0.4 is 9.47 Å². The molecule has 1 atom stereocenters. The van der Waals surface area contributed by atoms with Crippen LogP contribution in [0.15, 0.2) is 60.9 Å². The summed E-state index contributed by atoms with van der Waals surface area (Å²) in [5, 5.41) is 4.30. The van der Waals surface area contributed by atoms with Crippen molar-refractivity contribution in [2.75, 3.05) is 27.4 Å². The van der Waals surface area contributed by atoms with E-state index in [-0.39, 0.29) is 0 Å². The van der Waals surface area contributed by atoms with Gasteiger partial charge in [0, 0.05) is 38.6 Å². The first kappa shape index (κ1) is 20.4. The molecule has 2 aromatic carbocycles. The van der Waals surface area contributed by atoms with Gasteiger partial charge >= 0.3 is 0 Å². The lowest BCUT2D eigenvalue weighted by molar-refractivity contribution is 0.0679. The lowest BCUT2D eigenvalue weighted by Gasteiger charge is -2.26. The Kier molecular flexibility index (Phi) is 6.67. The Morgan fingerprint density at radius 3 is 2.47 bits per heavy atom. The summed E-state index contributed by atoms with van der Waals surface area (Å²) in [7, 11) is 3.33. The third-order valence-electron chi connectivity index (χ3n) is 5.45. The average Bonchev–Trinajstić information content (AvgIpc) is 3.48. The van der Waals surface area contributed by atoms with Crippen molar-refractivity contribution in [2.45, 2.75) is 32.0 Å². The van der Waals surface area contributed by atoms with Crippen molar-refractivity contribution < 1.29 is 14.2 Å². The Morgan fingerprint density at radius 1 is 1.03 bits per heavy atom. The Morgan fingerprint density at radius 2 is 1.80 bits per heavy atom. The monoisotopic (exact) mass is 407 g/mol. The van der Waals surface area contributed by atoms with E-state index in [0.717, 1.165) is 56.3 Å². The fourth-order valence-electron chi connectivity index (χ4n) is 3.93. The maximum absolute atomic E-state index is 5.91. The third kappa shape index (κ3) is 5.01. The first-order valence-electron chi connectivity index (χ1n) is 10.4. The molecule has 30 heavy (non-hydrogen) atoms. The standard InChI is InChI=1S/C24H29N3O3/c1-28-23-11-8-20(15-24(23)29-2)17-26(18-22-5-3-14-30-22)16-19-6-9-21(10-7-19)27-13-4-12-25-27/h4,6-13,15,22H,3,5,14,16-18H2,1-2H3/t22-/m0/s1. The maximum atomic E-state index is 5.91. The van der Waals surface area contributed by atoms with Crippen LogP contribution >= 0.6 is 0 Å². The fourth-order valence-corrected chi connectivity index (χ4v) is 3.93. The highest BCUT2D eigenvalue weighted by molar-refractivity contribution is 5.43. The molecule has 4 rings (SSSR count). The van der Waals surface area contributed by atoms with Crippen LogP contribution in [-0.2, 0) is 17.8 Å². The molecule has 0 N–H and O–H groups in total. The second-order valence-electron chi connectivity index (χ2n) is 7.61. The zero-order valence-electron chi connectivity index (χ0n) is 17.7. The van der Waals surface area contributed by atoms with Crippen molar-refractivity contribution in [3.8, 4) is 17.2 Å². The predicted octanol–water partition coefficient (Wildman–Crippen LogP) is 4.07. The van der Waals surface area contributed by atoms with Gasteiger partial charge in [-0.05, 0) is 54.3 Å². The average molecular weight is 408 g/mol. The van der Waals surface area contributed by atoms with Crippen LogP contribution in [0.25, 0.3) is 5.69 Å². The van der Waals surface area contributed by atoms with Crippen molar-refractivity contribution in [3.63, 3.8) is 0 Å². The molecule has 0 radical (unpaired) electrons. The van der Waals surface area contributed by atoms with Gasteiger partial charge in [-0.15, -0.1) is 0 Å². The third-order valence-corrected chi connectivity index (χ3v) is 5.45. The molecule has 158 valence electrons. The van der Waals surface area contributed by atoms with E-state index in [1.807, 2.05) is 23.0 Å². The summed E-state index contributed by atoms with van der Waals surface area (Å²) in [6.45, 7) is 3.46. The van der Waals surface area contributed by atoms with E-state index in [0.29, 0.717) is 6.10 Å². The summed E-state index contributed by atoms with van der Waals surface area (Å²) in [6, 6.07) is 16.6. The molecule has 1 aliphatic rings. The second kappa shape index (κ2) is 9.78. The van der Waals surface area contributed by atoms with Crippen LogP contribution in [0.3, 0.4) is 0 Å². The molecule has 1 fully saturated rings. The fraction of sp³-hybridized carbons (Fsp3) is 0.375. The minimum absolute atomic E-state index is 0.300. The van der Waals surface area contributed by atoms with Gasteiger partial charge in [-0.2, -0.15) is 5.10 Å². The Hall–Kier alpha value is -2.83. The van der Waals surface area contributed by atoms with Gasteiger partial charge < -0.3 is 14.2 Å². The Bertz CT molecular complexity index is 919. The summed E-state index contributed by atoms with van der Waals surface area (Å²) in [5.41, 5.74) is 3.53. The highest BCUT2D eigenvalue weighted by Crippen LogP contribution is 2.28. The molecule has 0 unspecified atom stereocenters. The largest absolute Gasteiger partial charge is 0.493 e. The first-order valence-corrected chi connectivity index (χ1v) is 10.4. The summed E-state index contributed by atoms with van der Waals surface area (Å²) >= 11 is 0. The van der Waals surface area contributed by atoms with Crippen molar-refractivity contribution in [1.82, 2.24) is 14.7 Å². The lowest BCUT2D eigenvalue weighted by atomic mass is 10.1. The van der Waals surface area contributed by atoms with Crippen LogP contribution in [0, 0.1) is 0 Å². The molecule has 1 saturated heterocycles. The number of hydrogen-bond acceptors (Lipinski definition) is 5. The number of nitrogens with zero attached hydrogens (tertiary/aromatic N) is 3. The molecule has 0 amide bonds. The van der Waals surface area contributed by atoms with E-state index < -0.39 is 0 Å². The van der Waals surface area contributed by atoms with Crippen molar-refractivity contribution >= 4 is 0 Å². The Balaban J connectivity index is 1.49. The molecule has 1 aliphatic heterocycles. The second-order valence-corrected chi connectivity index (χ2v) is 7.61. The number of benzene rings is 2. The Labute approximate surface area is 178 Å². The SMILES string of the molecule is COc1ccc(CN(Cc2ccc(-n3cccn3)cc2)C[C@@H]2CCCO2)cc1OC. The van der Waals surface area contributed by atoms with Crippen LogP contribution in [0.2, 0.25) is 0 Å². The summed E-state index contributed by atoms with van der Waals surface area (Å²) in [5.74, 6) is 1.51. The van der Waals surface area contributed by atoms with E-state index in [2.05, 4.69) is 46.4 Å². The molecule has 6 nitrogen and oxygen atoms in total. The summed E-state index contributed by atoms with van der Waals surface area (Å²) in [4.78, 5) is 2.44. The highest BCUT2D eigenvalue weighted by Gasteiger charge is 2.20. The number of methoxy groups -OCH3 is 2. The van der Waals surface area contributed by atoms with Gasteiger partial charge in [-0.3, -0.25) is 4.90 Å². The molecule has 0 spiro atoms. The number of aromatic nitrogens is 2. The zero-order chi connectivity index (χ0) is 20.8. The highest BCUT2D eigenvalue weighted by atomic mass is 16.5. The summed E-state index contributed by atoms with van der Waals surface area (Å²) in [6.07, 6.45) is 6.32. The van der Waals surface area contributed by atoms with Gasteiger partial charge in [0.05, 0.1) is 26.0 Å². The van der Waals surface area contributed by atoms with Crippen molar-refractivity contribution in [1.29, 1.82) is 0 Å². The molecule has 3 aromatic rings. The quantitative estimate of drug-likeness (QED) is 0.535. The van der Waals surface area contributed by atoms with Crippen LogP contribution in [0.4, 0.5) is 0 Å². The van der Waals surface area contributed by atoms with Gasteiger partial charge in [-0.25, -0.2) is 4.68 Å². The molecule has 0 saturated carbocycles. The van der Waals surface area contributed by atoms with Crippen LogP contribution in [-0.4, -0.2) is 48.2 Å². The van der Waals surface area contributed by atoms with E-state index >= 15 is 0 Å². The molecular formula is C24H29N3O3. The van der Waals surface area contributed by atoms with Crippen LogP contribution in [0.1, 0.15) is 24.0 Å². The minimum atomic E-state index is 0.300. The molecule has 0 aliphatic carbocycles. The van der Waals surface area contributed by atoms with Gasteiger partial charge in [0.15, 0.2) is 11.5 Å². The number of ether oxygens (including phenoxy) is 3. The molecule has 2 heterocycles. The van der Waals surface area contributed by atoms with Crippen molar-refractivity contribution in [2.24, 2.45) is 0 Å². The molecule has 6 heteroatoms. The number of hydrogen-bond donors (Lipinski definition) is 0. The predicted molar refractivity (Wildman–Crippen MR) is 116 cm³/mol. The minimum Gasteiger partial charge on any atom is -0.493 e. The van der Waals surface area contributed by atoms with E-state index in [1.165, 1.54) is 11.1 Å².